The van der Waals surface area contributed by atoms with Gasteiger partial charge in [-0.05, 0) is 25.1 Å². The smallest absolute Gasteiger partial charge is 0.271 e. The number of fused-ring (bicyclic) bond motifs is 3. The first-order chi connectivity index (χ1) is 12.1. The number of aromatic nitrogens is 2. The van der Waals surface area contributed by atoms with Gasteiger partial charge in [-0.15, -0.1) is 11.3 Å². The minimum atomic E-state index is -0.256. The highest BCUT2D eigenvalue weighted by Crippen LogP contribution is 2.29. The van der Waals surface area contributed by atoms with E-state index in [0.717, 1.165) is 15.6 Å². The van der Waals surface area contributed by atoms with Crippen molar-refractivity contribution in [2.75, 3.05) is 5.32 Å². The molecule has 4 aromatic rings. The van der Waals surface area contributed by atoms with Crippen LogP contribution in [0.25, 0.3) is 20.3 Å². The van der Waals surface area contributed by atoms with Crippen LogP contribution in [0.5, 0.6) is 0 Å². The van der Waals surface area contributed by atoms with Gasteiger partial charge in [0.15, 0.2) is 0 Å². The number of nitrogens with one attached hydrogen (secondary N) is 1. The van der Waals surface area contributed by atoms with Gasteiger partial charge in [-0.25, -0.2) is 4.98 Å². The van der Waals surface area contributed by atoms with Crippen LogP contribution >= 0.6 is 11.3 Å². The van der Waals surface area contributed by atoms with E-state index in [9.17, 15) is 9.59 Å². The van der Waals surface area contributed by atoms with Crippen molar-refractivity contribution in [3.63, 3.8) is 0 Å². The molecule has 1 amide bonds. The summed E-state index contributed by atoms with van der Waals surface area (Å²) in [6.07, 6.45) is 1.44. The number of benzene rings is 2. The number of amides is 1. The highest BCUT2D eigenvalue weighted by Gasteiger charge is 2.13. The summed E-state index contributed by atoms with van der Waals surface area (Å²) in [7, 11) is 0. The average molecular weight is 349 g/mol. The van der Waals surface area contributed by atoms with Crippen molar-refractivity contribution in [2.24, 2.45) is 0 Å². The average Bonchev–Trinajstić information content (AvgIpc) is 2.99. The number of nitrogens with zero attached hydrogens (tertiary/aromatic N) is 2. The third kappa shape index (κ3) is 2.92. The summed E-state index contributed by atoms with van der Waals surface area (Å²) in [5, 5.41) is 3.76. The van der Waals surface area contributed by atoms with E-state index in [4.69, 9.17) is 0 Å². The first kappa shape index (κ1) is 15.5. The molecular weight excluding hydrogens is 334 g/mol. The lowest BCUT2D eigenvalue weighted by Crippen LogP contribution is -2.27. The largest absolute Gasteiger partial charge is 0.325 e. The molecule has 5 nitrogen and oxygen atoms in total. The van der Waals surface area contributed by atoms with Gasteiger partial charge in [0.05, 0.1) is 11.8 Å². The molecule has 25 heavy (non-hydrogen) atoms. The molecule has 0 aliphatic heterocycles. The molecular formula is C19H15N3O2S. The Labute approximate surface area is 147 Å². The van der Waals surface area contributed by atoms with Crippen LogP contribution in [-0.4, -0.2) is 15.5 Å². The highest BCUT2D eigenvalue weighted by molar-refractivity contribution is 7.25. The van der Waals surface area contributed by atoms with Crippen LogP contribution in [0.3, 0.4) is 0 Å². The summed E-state index contributed by atoms with van der Waals surface area (Å²) in [5.74, 6) is -0.256. The van der Waals surface area contributed by atoms with Crippen LogP contribution in [-0.2, 0) is 11.3 Å². The van der Waals surface area contributed by atoms with Gasteiger partial charge >= 0.3 is 0 Å². The van der Waals surface area contributed by atoms with Gasteiger partial charge in [0, 0.05) is 15.8 Å². The van der Waals surface area contributed by atoms with Gasteiger partial charge in [0.2, 0.25) is 5.91 Å². The van der Waals surface area contributed by atoms with E-state index in [-0.39, 0.29) is 18.0 Å². The zero-order chi connectivity index (χ0) is 17.4. The molecule has 0 aliphatic carbocycles. The molecule has 0 aliphatic rings. The zero-order valence-corrected chi connectivity index (χ0v) is 14.3. The fourth-order valence-electron chi connectivity index (χ4n) is 2.72. The molecule has 2 aromatic carbocycles. The number of hydrogen-bond acceptors (Lipinski definition) is 4. The Kier molecular flexibility index (Phi) is 3.82. The van der Waals surface area contributed by atoms with Gasteiger partial charge in [-0.2, -0.15) is 0 Å². The first-order valence-corrected chi connectivity index (χ1v) is 8.67. The van der Waals surface area contributed by atoms with E-state index in [2.05, 4.69) is 10.3 Å². The van der Waals surface area contributed by atoms with Crippen molar-refractivity contribution in [3.05, 3.63) is 70.8 Å². The minimum absolute atomic E-state index is 0.0656. The van der Waals surface area contributed by atoms with Crippen LogP contribution in [0.15, 0.2) is 59.7 Å². The topological polar surface area (TPSA) is 64.0 Å². The lowest BCUT2D eigenvalue weighted by molar-refractivity contribution is -0.116. The monoisotopic (exact) mass is 349 g/mol. The Hall–Kier alpha value is -2.99. The fraction of sp³-hybridized carbons (Fsp3) is 0.105. The zero-order valence-electron chi connectivity index (χ0n) is 13.5. The minimum Gasteiger partial charge on any atom is -0.325 e. The third-order valence-corrected chi connectivity index (χ3v) is 5.15. The van der Waals surface area contributed by atoms with Gasteiger partial charge in [-0.3, -0.25) is 14.2 Å². The molecule has 124 valence electrons. The number of carbonyl (C=O) groups excluding carboxylic acids is 1. The van der Waals surface area contributed by atoms with Crippen LogP contribution in [0.2, 0.25) is 0 Å². The quantitative estimate of drug-likeness (QED) is 0.615. The molecule has 0 radical (unpaired) electrons. The molecule has 0 saturated carbocycles. The maximum Gasteiger partial charge on any atom is 0.271 e. The Bertz CT molecular complexity index is 1140. The second-order valence-electron chi connectivity index (χ2n) is 5.87. The third-order valence-electron chi connectivity index (χ3n) is 4.00. The SMILES string of the molecule is Cc1ccc(NC(=O)Cn2cnc3c(sc4ccccc43)c2=O)cc1. The molecule has 1 N–H and O–H groups in total. The number of aryl methyl sites for hydroxylation is 1. The summed E-state index contributed by atoms with van der Waals surface area (Å²) in [4.78, 5) is 29.3. The maximum atomic E-state index is 12.7. The summed E-state index contributed by atoms with van der Waals surface area (Å²) >= 11 is 1.41. The number of thiophene rings is 1. The van der Waals surface area contributed by atoms with E-state index in [0.29, 0.717) is 15.9 Å². The molecule has 6 heteroatoms. The van der Waals surface area contributed by atoms with Crippen LogP contribution in [0.4, 0.5) is 5.69 Å². The molecule has 0 bridgehead atoms. The van der Waals surface area contributed by atoms with E-state index in [1.165, 1.54) is 22.2 Å². The Morgan fingerprint density at radius 3 is 2.72 bits per heavy atom. The lowest BCUT2D eigenvalue weighted by Gasteiger charge is -2.07. The van der Waals surface area contributed by atoms with E-state index >= 15 is 0 Å². The number of carbonyl (C=O) groups is 1. The Morgan fingerprint density at radius 2 is 1.92 bits per heavy atom. The molecule has 2 aromatic heterocycles. The summed E-state index contributed by atoms with van der Waals surface area (Å²) in [5.41, 5.74) is 2.33. The highest BCUT2D eigenvalue weighted by atomic mass is 32.1. The summed E-state index contributed by atoms with van der Waals surface area (Å²) in [6.45, 7) is 1.92. The van der Waals surface area contributed by atoms with Crippen molar-refractivity contribution < 1.29 is 4.79 Å². The molecule has 0 spiro atoms. The van der Waals surface area contributed by atoms with Crippen molar-refractivity contribution in [3.8, 4) is 0 Å². The maximum absolute atomic E-state index is 12.7. The molecule has 4 rings (SSSR count). The number of anilines is 1. The van der Waals surface area contributed by atoms with Crippen LogP contribution < -0.4 is 10.9 Å². The van der Waals surface area contributed by atoms with Crippen LogP contribution in [0.1, 0.15) is 5.56 Å². The van der Waals surface area contributed by atoms with E-state index in [1.54, 1.807) is 0 Å². The van der Waals surface area contributed by atoms with Gasteiger partial charge in [-0.1, -0.05) is 35.9 Å². The van der Waals surface area contributed by atoms with E-state index < -0.39 is 0 Å². The van der Waals surface area contributed by atoms with Gasteiger partial charge < -0.3 is 5.32 Å². The van der Waals surface area contributed by atoms with E-state index in [1.807, 2.05) is 55.5 Å². The second kappa shape index (κ2) is 6.14. The normalized spacial score (nSPS) is 11.1. The molecule has 2 heterocycles. The second-order valence-corrected chi connectivity index (χ2v) is 6.92. The first-order valence-electron chi connectivity index (χ1n) is 7.85. The van der Waals surface area contributed by atoms with Crippen LogP contribution in [0, 0.1) is 6.92 Å². The molecule has 0 unspecified atom stereocenters. The standard InChI is InChI=1S/C19H15N3O2S/c1-12-6-8-13(9-7-12)21-16(23)10-22-11-20-17-14-4-2-3-5-15(14)25-18(17)19(22)24/h2-9,11H,10H2,1H3,(H,21,23). The van der Waals surface area contributed by atoms with Gasteiger partial charge in [0.25, 0.3) is 5.56 Å². The van der Waals surface area contributed by atoms with Crippen molar-refractivity contribution in [2.45, 2.75) is 13.5 Å². The predicted molar refractivity (Wildman–Crippen MR) is 101 cm³/mol. The van der Waals surface area contributed by atoms with Crippen molar-refractivity contribution in [1.82, 2.24) is 9.55 Å². The summed E-state index contributed by atoms with van der Waals surface area (Å²) < 4.78 is 2.94. The number of rotatable bonds is 3. The lowest BCUT2D eigenvalue weighted by atomic mass is 10.2. The molecule has 0 fully saturated rings. The fourth-order valence-corrected chi connectivity index (χ4v) is 3.83. The summed E-state index contributed by atoms with van der Waals surface area (Å²) in [6, 6.07) is 15.3. The number of hydrogen-bond donors (Lipinski definition) is 1. The Balaban J connectivity index is 1.64. The molecule has 0 saturated heterocycles. The van der Waals surface area contributed by atoms with Crippen molar-refractivity contribution >= 4 is 43.2 Å². The predicted octanol–water partition coefficient (Wildman–Crippen LogP) is 3.56. The van der Waals surface area contributed by atoms with Crippen molar-refractivity contribution in [1.29, 1.82) is 0 Å². The Morgan fingerprint density at radius 1 is 1.16 bits per heavy atom. The van der Waals surface area contributed by atoms with Gasteiger partial charge in [0.1, 0.15) is 11.2 Å². The molecule has 0 atom stereocenters.